The van der Waals surface area contributed by atoms with E-state index in [4.69, 9.17) is 4.74 Å². The summed E-state index contributed by atoms with van der Waals surface area (Å²) in [5.74, 6) is -0.307. The average molecular weight is 233 g/mol. The number of aromatic nitrogens is 1. The predicted octanol–water partition coefficient (Wildman–Crippen LogP) is 1.65. The number of rotatable bonds is 1. The molecule has 1 atom stereocenters. The maximum atomic E-state index is 11.9. The molecule has 90 valence electrons. The zero-order chi connectivity index (χ0) is 12.0. The molecule has 0 bridgehead atoms. The van der Waals surface area contributed by atoms with Crippen molar-refractivity contribution in [2.75, 3.05) is 0 Å². The van der Waals surface area contributed by atoms with E-state index in [9.17, 15) is 10.0 Å². The first kappa shape index (κ1) is 10.6. The Morgan fingerprint density at radius 3 is 2.94 bits per heavy atom. The summed E-state index contributed by atoms with van der Waals surface area (Å²) in [5.41, 5.74) is 1.71. The predicted molar refractivity (Wildman–Crippen MR) is 59.9 cm³/mol. The second-order valence-corrected chi connectivity index (χ2v) is 5.10. The minimum absolute atomic E-state index is 0.0478. The SMILES string of the molecule is CC(=O)OC1c2c(ccc[n+]2[O-])CCC12CC2. The Morgan fingerprint density at radius 2 is 2.29 bits per heavy atom. The van der Waals surface area contributed by atoms with Crippen LogP contribution in [0.15, 0.2) is 18.3 Å². The van der Waals surface area contributed by atoms with Gasteiger partial charge >= 0.3 is 5.97 Å². The second-order valence-electron chi connectivity index (χ2n) is 5.10. The lowest BCUT2D eigenvalue weighted by molar-refractivity contribution is -0.620. The van der Waals surface area contributed by atoms with Gasteiger partial charge in [0.2, 0.25) is 5.69 Å². The third kappa shape index (κ3) is 1.59. The molecular weight excluding hydrogens is 218 g/mol. The third-order valence-corrected chi connectivity index (χ3v) is 3.96. The highest BCUT2D eigenvalue weighted by Crippen LogP contribution is 2.61. The average Bonchev–Trinajstić information content (AvgIpc) is 3.03. The van der Waals surface area contributed by atoms with Gasteiger partial charge < -0.3 is 9.94 Å². The van der Waals surface area contributed by atoms with Gasteiger partial charge in [-0.15, -0.1) is 0 Å². The van der Waals surface area contributed by atoms with Crippen molar-refractivity contribution in [2.45, 2.75) is 38.7 Å². The molecule has 1 spiro atoms. The lowest BCUT2D eigenvalue weighted by Crippen LogP contribution is -2.41. The van der Waals surface area contributed by atoms with Gasteiger partial charge in [0, 0.05) is 24.0 Å². The molecule has 0 saturated heterocycles. The van der Waals surface area contributed by atoms with Crippen LogP contribution in [0.4, 0.5) is 0 Å². The van der Waals surface area contributed by atoms with Gasteiger partial charge in [0.15, 0.2) is 12.3 Å². The molecule has 0 aliphatic heterocycles. The summed E-state index contributed by atoms with van der Waals surface area (Å²) >= 11 is 0. The maximum absolute atomic E-state index is 11.9. The Labute approximate surface area is 99.8 Å². The number of pyridine rings is 1. The fourth-order valence-corrected chi connectivity index (χ4v) is 2.86. The number of esters is 1. The Kier molecular flexibility index (Phi) is 2.15. The molecule has 17 heavy (non-hydrogen) atoms. The molecule has 4 heteroatoms. The molecular formula is C13H15NO3. The molecule has 1 fully saturated rings. The molecule has 0 amide bonds. The topological polar surface area (TPSA) is 53.2 Å². The third-order valence-electron chi connectivity index (χ3n) is 3.96. The Bertz CT molecular complexity index is 480. The summed E-state index contributed by atoms with van der Waals surface area (Å²) in [5, 5.41) is 11.9. The minimum Gasteiger partial charge on any atom is -0.618 e. The molecule has 2 aliphatic rings. The van der Waals surface area contributed by atoms with Gasteiger partial charge in [-0.25, -0.2) is 0 Å². The van der Waals surface area contributed by atoms with Crippen LogP contribution >= 0.6 is 0 Å². The van der Waals surface area contributed by atoms with Crippen molar-refractivity contribution >= 4 is 5.97 Å². The Morgan fingerprint density at radius 1 is 1.53 bits per heavy atom. The first-order valence-electron chi connectivity index (χ1n) is 6.01. The number of aryl methyl sites for hydroxylation is 1. The van der Waals surface area contributed by atoms with Crippen molar-refractivity contribution in [1.29, 1.82) is 0 Å². The molecule has 0 aromatic carbocycles. The normalized spacial score (nSPS) is 24.2. The Balaban J connectivity index is 2.07. The molecule has 1 saturated carbocycles. The fourth-order valence-electron chi connectivity index (χ4n) is 2.86. The first-order valence-corrected chi connectivity index (χ1v) is 6.01. The van der Waals surface area contributed by atoms with Crippen molar-refractivity contribution in [2.24, 2.45) is 5.41 Å². The number of hydrogen-bond acceptors (Lipinski definition) is 3. The van der Waals surface area contributed by atoms with Gasteiger partial charge in [-0.05, 0) is 31.7 Å². The molecule has 0 N–H and O–H groups in total. The number of ether oxygens (including phenoxy) is 1. The number of nitrogens with zero attached hydrogens (tertiary/aromatic N) is 1. The molecule has 1 unspecified atom stereocenters. The lowest BCUT2D eigenvalue weighted by Gasteiger charge is -2.30. The van der Waals surface area contributed by atoms with E-state index < -0.39 is 0 Å². The number of carbonyl (C=O) groups excluding carboxylic acids is 1. The van der Waals surface area contributed by atoms with Crippen LogP contribution in [0.2, 0.25) is 0 Å². The molecule has 3 rings (SSSR count). The second kappa shape index (κ2) is 3.45. The largest absolute Gasteiger partial charge is 0.618 e. The van der Waals surface area contributed by atoms with E-state index >= 15 is 0 Å². The van der Waals surface area contributed by atoms with Gasteiger partial charge in [-0.1, -0.05) is 0 Å². The van der Waals surface area contributed by atoms with Gasteiger partial charge in [0.05, 0.1) is 0 Å². The molecule has 0 radical (unpaired) electrons. The highest BCUT2D eigenvalue weighted by Gasteiger charge is 2.57. The summed E-state index contributed by atoms with van der Waals surface area (Å²) in [6.45, 7) is 1.41. The van der Waals surface area contributed by atoms with Crippen molar-refractivity contribution < 1.29 is 14.3 Å². The van der Waals surface area contributed by atoms with Crippen molar-refractivity contribution in [3.05, 3.63) is 34.8 Å². The van der Waals surface area contributed by atoms with E-state index in [1.54, 1.807) is 6.07 Å². The summed E-state index contributed by atoms with van der Waals surface area (Å²) in [6, 6.07) is 3.71. The van der Waals surface area contributed by atoms with Crippen LogP contribution in [-0.2, 0) is 16.0 Å². The van der Waals surface area contributed by atoms with Gasteiger partial charge in [-0.3, -0.25) is 4.79 Å². The van der Waals surface area contributed by atoms with E-state index in [0.29, 0.717) is 5.69 Å². The van der Waals surface area contributed by atoms with Crippen molar-refractivity contribution in [3.63, 3.8) is 0 Å². The maximum Gasteiger partial charge on any atom is 0.303 e. The van der Waals surface area contributed by atoms with Crippen LogP contribution < -0.4 is 4.73 Å². The lowest BCUT2D eigenvalue weighted by atomic mass is 9.81. The summed E-state index contributed by atoms with van der Waals surface area (Å²) < 4.78 is 6.28. The van der Waals surface area contributed by atoms with Gasteiger partial charge in [-0.2, -0.15) is 4.73 Å². The van der Waals surface area contributed by atoms with E-state index in [0.717, 1.165) is 36.0 Å². The first-order chi connectivity index (χ1) is 8.12. The van der Waals surface area contributed by atoms with Gasteiger partial charge in [0.1, 0.15) is 0 Å². The van der Waals surface area contributed by atoms with Crippen LogP contribution in [0.25, 0.3) is 0 Å². The Hall–Kier alpha value is -1.58. The highest BCUT2D eigenvalue weighted by molar-refractivity contribution is 5.66. The number of carbonyl (C=O) groups is 1. The smallest absolute Gasteiger partial charge is 0.303 e. The van der Waals surface area contributed by atoms with Gasteiger partial charge in [0.25, 0.3) is 0 Å². The molecule has 1 aromatic heterocycles. The van der Waals surface area contributed by atoms with E-state index in [-0.39, 0.29) is 17.5 Å². The van der Waals surface area contributed by atoms with Crippen LogP contribution in [0.3, 0.4) is 0 Å². The van der Waals surface area contributed by atoms with Crippen molar-refractivity contribution in [1.82, 2.24) is 0 Å². The van der Waals surface area contributed by atoms with E-state index in [1.807, 2.05) is 6.07 Å². The highest BCUT2D eigenvalue weighted by atomic mass is 16.5. The summed E-state index contributed by atoms with van der Waals surface area (Å²) in [7, 11) is 0. The number of fused-ring (bicyclic) bond motifs is 1. The van der Waals surface area contributed by atoms with E-state index in [2.05, 4.69) is 0 Å². The van der Waals surface area contributed by atoms with Crippen LogP contribution in [-0.4, -0.2) is 5.97 Å². The molecule has 4 nitrogen and oxygen atoms in total. The summed E-state index contributed by atoms with van der Waals surface area (Å²) in [6.07, 6.45) is 5.18. The molecule has 2 aliphatic carbocycles. The van der Waals surface area contributed by atoms with E-state index in [1.165, 1.54) is 13.1 Å². The summed E-state index contributed by atoms with van der Waals surface area (Å²) in [4.78, 5) is 11.2. The minimum atomic E-state index is -0.345. The monoisotopic (exact) mass is 233 g/mol. The number of hydrogen-bond donors (Lipinski definition) is 0. The van der Waals surface area contributed by atoms with Crippen molar-refractivity contribution in [3.8, 4) is 0 Å². The quantitative estimate of drug-likeness (QED) is 0.421. The standard InChI is InChI=1S/C13H15NO3/c1-9(15)17-12-11-10(3-2-8-14(11)16)4-5-13(12)6-7-13/h2-3,8,12H,4-7H2,1H3. The zero-order valence-electron chi connectivity index (χ0n) is 9.81. The van der Waals surface area contributed by atoms with Crippen LogP contribution in [0.5, 0.6) is 0 Å². The van der Waals surface area contributed by atoms with Crippen LogP contribution in [0.1, 0.15) is 43.5 Å². The zero-order valence-corrected chi connectivity index (χ0v) is 9.81. The fraction of sp³-hybridized carbons (Fsp3) is 0.538. The molecule has 1 aromatic rings. The van der Waals surface area contributed by atoms with Crippen LogP contribution in [0, 0.1) is 10.6 Å². The molecule has 1 heterocycles.